The molecule has 0 spiro atoms. The quantitative estimate of drug-likeness (QED) is 0.518. The van der Waals surface area contributed by atoms with Crippen LogP contribution in [0.5, 0.6) is 0 Å². The molecule has 1 aromatic rings. The maximum Gasteiger partial charge on any atom is 0.222 e. The molecule has 1 aromatic heterocycles. The van der Waals surface area contributed by atoms with E-state index in [9.17, 15) is 4.79 Å². The van der Waals surface area contributed by atoms with Crippen LogP contribution in [0.15, 0.2) is 4.99 Å². The molecule has 1 aliphatic heterocycles. The maximum atomic E-state index is 12.2. The fourth-order valence-corrected chi connectivity index (χ4v) is 4.66. The van der Waals surface area contributed by atoms with E-state index in [2.05, 4.69) is 43.6 Å². The van der Waals surface area contributed by atoms with Crippen LogP contribution >= 0.6 is 11.5 Å². The van der Waals surface area contributed by atoms with Crippen LogP contribution in [0.2, 0.25) is 0 Å². The van der Waals surface area contributed by atoms with Crippen LogP contribution in [-0.2, 0) is 11.2 Å². The van der Waals surface area contributed by atoms with E-state index in [1.54, 1.807) is 0 Å². The number of aliphatic imine (C=N–C) groups is 1. The van der Waals surface area contributed by atoms with Crippen molar-refractivity contribution in [2.24, 2.45) is 4.99 Å². The zero-order valence-corrected chi connectivity index (χ0v) is 18.6. The number of carbonyl (C=O) groups is 1. The fraction of sp³-hybridized carbons (Fsp3) is 0.800. The van der Waals surface area contributed by atoms with Crippen LogP contribution < -0.4 is 15.5 Å². The number of guanidine groups is 1. The number of nitrogens with zero attached hydrogens (tertiary/aromatic N) is 5. The summed E-state index contributed by atoms with van der Waals surface area (Å²) in [6.45, 7) is 9.10. The summed E-state index contributed by atoms with van der Waals surface area (Å²) in [5.74, 6) is 1.96. The molecule has 162 valence electrons. The molecular weight excluding hydrogens is 386 g/mol. The van der Waals surface area contributed by atoms with Gasteiger partial charge in [-0.05, 0) is 19.8 Å². The van der Waals surface area contributed by atoms with Crippen LogP contribution in [0.4, 0.5) is 5.13 Å². The number of carbonyl (C=O) groups excluding carboxylic acids is 1. The molecule has 3 rings (SSSR count). The van der Waals surface area contributed by atoms with E-state index in [1.807, 2.05) is 0 Å². The molecule has 2 N–H and O–H groups in total. The second kappa shape index (κ2) is 11.3. The Hall–Kier alpha value is -1.90. The van der Waals surface area contributed by atoms with Gasteiger partial charge in [0.1, 0.15) is 5.82 Å². The standard InChI is InChI=1S/C20H35N7OS/c1-3-17-24-20(29-25-17)27-14-12-26(13-15-27)19(21-4-2)22-11-10-18(28)23-16-8-6-5-7-9-16/h16H,3-15H2,1-2H3,(H,21,22)(H,23,28). The largest absolute Gasteiger partial charge is 0.357 e. The normalized spacial score (nSPS) is 18.8. The Morgan fingerprint density at radius 3 is 2.59 bits per heavy atom. The van der Waals surface area contributed by atoms with Crippen molar-refractivity contribution < 1.29 is 4.79 Å². The molecule has 0 unspecified atom stereocenters. The van der Waals surface area contributed by atoms with Gasteiger partial charge in [0.05, 0.1) is 6.54 Å². The minimum Gasteiger partial charge on any atom is -0.357 e. The monoisotopic (exact) mass is 421 g/mol. The van der Waals surface area contributed by atoms with Gasteiger partial charge in [-0.2, -0.15) is 4.37 Å². The molecule has 2 fully saturated rings. The lowest BCUT2D eigenvalue weighted by molar-refractivity contribution is -0.121. The topological polar surface area (TPSA) is 85.8 Å². The van der Waals surface area contributed by atoms with Crippen molar-refractivity contribution in [2.75, 3.05) is 44.2 Å². The molecule has 1 amide bonds. The number of anilines is 1. The molecule has 0 aromatic carbocycles. The summed E-state index contributed by atoms with van der Waals surface area (Å²) in [5.41, 5.74) is 0. The van der Waals surface area contributed by atoms with Gasteiger partial charge >= 0.3 is 0 Å². The highest BCUT2D eigenvalue weighted by atomic mass is 32.1. The third-order valence-electron chi connectivity index (χ3n) is 5.53. The second-order valence-corrected chi connectivity index (χ2v) is 8.44. The van der Waals surface area contributed by atoms with Crippen molar-refractivity contribution in [3.8, 4) is 0 Å². The first-order chi connectivity index (χ1) is 14.2. The van der Waals surface area contributed by atoms with Gasteiger partial charge in [0.15, 0.2) is 5.96 Å². The van der Waals surface area contributed by atoms with Crippen molar-refractivity contribution in [3.63, 3.8) is 0 Å². The van der Waals surface area contributed by atoms with Gasteiger partial charge in [-0.3, -0.25) is 9.79 Å². The summed E-state index contributed by atoms with van der Waals surface area (Å²) in [4.78, 5) is 26.1. The number of hydrogen-bond acceptors (Lipinski definition) is 6. The molecule has 29 heavy (non-hydrogen) atoms. The van der Waals surface area contributed by atoms with Crippen molar-refractivity contribution >= 4 is 28.5 Å². The van der Waals surface area contributed by atoms with Crippen LogP contribution in [0.1, 0.15) is 58.2 Å². The Bertz CT molecular complexity index is 664. The van der Waals surface area contributed by atoms with Crippen molar-refractivity contribution in [1.29, 1.82) is 0 Å². The molecule has 1 aliphatic carbocycles. The van der Waals surface area contributed by atoms with Gasteiger partial charge in [-0.1, -0.05) is 26.2 Å². The molecule has 1 saturated carbocycles. The summed E-state index contributed by atoms with van der Waals surface area (Å²) in [5, 5.41) is 7.57. The van der Waals surface area contributed by atoms with Gasteiger partial charge < -0.3 is 20.4 Å². The average molecular weight is 422 g/mol. The predicted molar refractivity (Wildman–Crippen MR) is 119 cm³/mol. The number of hydrogen-bond donors (Lipinski definition) is 2. The van der Waals surface area contributed by atoms with Gasteiger partial charge in [-0.15, -0.1) is 0 Å². The van der Waals surface area contributed by atoms with E-state index >= 15 is 0 Å². The maximum absolute atomic E-state index is 12.2. The van der Waals surface area contributed by atoms with Crippen molar-refractivity contribution in [1.82, 2.24) is 24.9 Å². The van der Waals surface area contributed by atoms with Crippen molar-refractivity contribution in [2.45, 2.75) is 64.8 Å². The van der Waals surface area contributed by atoms with Gasteiger partial charge in [0.25, 0.3) is 0 Å². The summed E-state index contributed by atoms with van der Waals surface area (Å²) in [7, 11) is 0. The van der Waals surface area contributed by atoms with Crippen LogP contribution in [0.25, 0.3) is 0 Å². The number of rotatable bonds is 7. The number of piperazine rings is 1. The zero-order valence-electron chi connectivity index (χ0n) is 17.8. The van der Waals surface area contributed by atoms with Gasteiger partial charge in [-0.25, -0.2) is 4.98 Å². The first-order valence-corrected chi connectivity index (χ1v) is 11.9. The smallest absolute Gasteiger partial charge is 0.222 e. The van der Waals surface area contributed by atoms with E-state index < -0.39 is 0 Å². The molecule has 2 aliphatic rings. The fourth-order valence-electron chi connectivity index (χ4n) is 3.86. The second-order valence-electron chi connectivity index (χ2n) is 7.71. The Kier molecular flexibility index (Phi) is 8.52. The van der Waals surface area contributed by atoms with E-state index in [-0.39, 0.29) is 5.91 Å². The lowest BCUT2D eigenvalue weighted by atomic mass is 9.95. The Morgan fingerprint density at radius 1 is 1.17 bits per heavy atom. The highest BCUT2D eigenvalue weighted by molar-refractivity contribution is 7.09. The van der Waals surface area contributed by atoms with Gasteiger partial charge in [0, 0.05) is 63.1 Å². The molecular formula is C20H35N7OS. The molecule has 9 heteroatoms. The highest BCUT2D eigenvalue weighted by Gasteiger charge is 2.22. The minimum absolute atomic E-state index is 0.129. The number of aromatic nitrogens is 2. The van der Waals surface area contributed by atoms with Crippen molar-refractivity contribution in [3.05, 3.63) is 5.82 Å². The number of aryl methyl sites for hydroxylation is 1. The molecule has 0 bridgehead atoms. The third kappa shape index (κ3) is 6.55. The summed E-state index contributed by atoms with van der Waals surface area (Å²) in [6, 6.07) is 0.370. The molecule has 8 nitrogen and oxygen atoms in total. The predicted octanol–water partition coefficient (Wildman–Crippen LogP) is 2.03. The highest BCUT2D eigenvalue weighted by Crippen LogP contribution is 2.19. The molecule has 0 radical (unpaired) electrons. The Morgan fingerprint density at radius 2 is 1.93 bits per heavy atom. The first kappa shape index (κ1) is 21.8. The lowest BCUT2D eigenvalue weighted by Gasteiger charge is -2.36. The van der Waals surface area contributed by atoms with Gasteiger partial charge in [0.2, 0.25) is 11.0 Å². The minimum atomic E-state index is 0.129. The van der Waals surface area contributed by atoms with Crippen LogP contribution in [0.3, 0.4) is 0 Å². The summed E-state index contributed by atoms with van der Waals surface area (Å²) < 4.78 is 4.39. The zero-order chi connectivity index (χ0) is 20.5. The van der Waals surface area contributed by atoms with E-state index in [0.29, 0.717) is 19.0 Å². The van der Waals surface area contributed by atoms with Crippen LogP contribution in [-0.4, -0.2) is 71.4 Å². The molecule has 2 heterocycles. The summed E-state index contributed by atoms with van der Waals surface area (Å²) >= 11 is 1.49. The van der Waals surface area contributed by atoms with E-state index in [1.165, 1.54) is 30.8 Å². The van der Waals surface area contributed by atoms with E-state index in [4.69, 9.17) is 4.99 Å². The Labute approximate surface area is 178 Å². The Balaban J connectivity index is 1.45. The molecule has 1 saturated heterocycles. The number of nitrogens with one attached hydrogen (secondary N) is 2. The van der Waals surface area contributed by atoms with E-state index in [0.717, 1.165) is 68.9 Å². The molecule has 0 atom stereocenters. The SMILES string of the molecule is CCNC(=NCCC(=O)NC1CCCCC1)N1CCN(c2nc(CC)ns2)CC1. The lowest BCUT2D eigenvalue weighted by Crippen LogP contribution is -2.52. The summed E-state index contributed by atoms with van der Waals surface area (Å²) in [6.07, 6.45) is 7.34. The number of amides is 1. The van der Waals surface area contributed by atoms with Crippen LogP contribution in [0, 0.1) is 0 Å². The first-order valence-electron chi connectivity index (χ1n) is 11.1. The third-order valence-corrected chi connectivity index (χ3v) is 6.34. The average Bonchev–Trinajstić information content (AvgIpc) is 3.23.